The third-order valence-electron chi connectivity index (χ3n) is 6.37. The van der Waals surface area contributed by atoms with Gasteiger partial charge in [0.05, 0.1) is 18.2 Å². The normalized spacial score (nSPS) is 25.3. The zero-order valence-electron chi connectivity index (χ0n) is 16.3. The molecule has 2 aliphatic rings. The molecule has 27 heavy (non-hydrogen) atoms. The van der Waals surface area contributed by atoms with E-state index in [4.69, 9.17) is 0 Å². The van der Waals surface area contributed by atoms with Crippen LogP contribution in [0.5, 0.6) is 0 Å². The Morgan fingerprint density at radius 2 is 1.81 bits per heavy atom. The van der Waals surface area contributed by atoms with Gasteiger partial charge in [0.15, 0.2) is 0 Å². The predicted octanol–water partition coefficient (Wildman–Crippen LogP) is 4.19. The first-order valence-corrected chi connectivity index (χ1v) is 10.5. The van der Waals surface area contributed by atoms with Gasteiger partial charge in [-0.2, -0.15) is 0 Å². The molecule has 0 saturated carbocycles. The summed E-state index contributed by atoms with van der Waals surface area (Å²) in [6, 6.07) is 15.2. The highest BCUT2D eigenvalue weighted by Gasteiger charge is 2.35. The summed E-state index contributed by atoms with van der Waals surface area (Å²) in [6.45, 7) is 3.06. The molecular weight excluding hydrogens is 334 g/mol. The standard InChI is InChI=1S/C24H31NO2/c1-2-17-7-5-8-18(15-17)16-22-24(27)13-14-25(22)21-11-6-10-20-19(21)9-3-4-12-23(20)26/h5-8,10-11,15,22-24,26-27H,2-4,9,12-14,16H2,1H3. The van der Waals surface area contributed by atoms with E-state index in [1.54, 1.807) is 0 Å². The lowest BCUT2D eigenvalue weighted by molar-refractivity contribution is 0.164. The Bertz CT molecular complexity index is 788. The average Bonchev–Trinajstić information content (AvgIpc) is 2.93. The maximum Gasteiger partial charge on any atom is 0.0793 e. The van der Waals surface area contributed by atoms with Gasteiger partial charge in [-0.3, -0.25) is 0 Å². The summed E-state index contributed by atoms with van der Waals surface area (Å²) >= 11 is 0. The van der Waals surface area contributed by atoms with Crippen LogP contribution in [0.25, 0.3) is 0 Å². The fourth-order valence-corrected chi connectivity index (χ4v) is 4.84. The lowest BCUT2D eigenvalue weighted by Crippen LogP contribution is -2.37. The number of benzene rings is 2. The van der Waals surface area contributed by atoms with Crippen LogP contribution in [0.2, 0.25) is 0 Å². The highest BCUT2D eigenvalue weighted by molar-refractivity contribution is 5.59. The van der Waals surface area contributed by atoms with Gasteiger partial charge >= 0.3 is 0 Å². The summed E-state index contributed by atoms with van der Waals surface area (Å²) in [7, 11) is 0. The molecule has 144 valence electrons. The summed E-state index contributed by atoms with van der Waals surface area (Å²) in [5.74, 6) is 0. The number of anilines is 1. The molecule has 1 aliphatic heterocycles. The molecule has 1 saturated heterocycles. The number of hydrogen-bond donors (Lipinski definition) is 2. The molecule has 4 rings (SSSR count). The third-order valence-corrected chi connectivity index (χ3v) is 6.37. The van der Waals surface area contributed by atoms with E-state index in [9.17, 15) is 10.2 Å². The first-order chi connectivity index (χ1) is 13.2. The van der Waals surface area contributed by atoms with Gasteiger partial charge in [-0.1, -0.05) is 49.7 Å². The van der Waals surface area contributed by atoms with E-state index in [-0.39, 0.29) is 18.2 Å². The fraction of sp³-hybridized carbons (Fsp3) is 0.500. The van der Waals surface area contributed by atoms with E-state index in [2.05, 4.69) is 54.3 Å². The highest BCUT2D eigenvalue weighted by Crippen LogP contribution is 2.38. The molecule has 0 aromatic heterocycles. The van der Waals surface area contributed by atoms with Crippen LogP contribution in [0, 0.1) is 0 Å². The lowest BCUT2D eigenvalue weighted by atomic mass is 9.96. The zero-order chi connectivity index (χ0) is 18.8. The van der Waals surface area contributed by atoms with E-state index in [0.29, 0.717) is 0 Å². The summed E-state index contributed by atoms with van der Waals surface area (Å²) in [4.78, 5) is 2.40. The van der Waals surface area contributed by atoms with E-state index in [1.165, 1.54) is 22.4 Å². The number of hydrogen-bond acceptors (Lipinski definition) is 3. The van der Waals surface area contributed by atoms with Crippen molar-refractivity contribution in [2.45, 2.75) is 70.1 Å². The van der Waals surface area contributed by atoms with Crippen LogP contribution < -0.4 is 4.90 Å². The number of rotatable bonds is 4. The van der Waals surface area contributed by atoms with Crippen molar-refractivity contribution in [1.82, 2.24) is 0 Å². The zero-order valence-corrected chi connectivity index (χ0v) is 16.3. The van der Waals surface area contributed by atoms with Crippen molar-refractivity contribution in [1.29, 1.82) is 0 Å². The van der Waals surface area contributed by atoms with Gasteiger partial charge in [-0.25, -0.2) is 0 Å². The second-order valence-electron chi connectivity index (χ2n) is 8.10. The molecule has 0 amide bonds. The predicted molar refractivity (Wildman–Crippen MR) is 110 cm³/mol. The largest absolute Gasteiger partial charge is 0.391 e. The smallest absolute Gasteiger partial charge is 0.0793 e. The second-order valence-corrected chi connectivity index (χ2v) is 8.10. The first-order valence-electron chi connectivity index (χ1n) is 10.5. The maximum absolute atomic E-state index is 10.7. The van der Waals surface area contributed by atoms with Crippen molar-refractivity contribution in [2.24, 2.45) is 0 Å². The average molecular weight is 366 g/mol. The fourth-order valence-electron chi connectivity index (χ4n) is 4.84. The molecule has 2 N–H and O–H groups in total. The Hall–Kier alpha value is -1.84. The Morgan fingerprint density at radius 1 is 1.00 bits per heavy atom. The van der Waals surface area contributed by atoms with Crippen LogP contribution in [0.4, 0.5) is 5.69 Å². The van der Waals surface area contributed by atoms with Crippen molar-refractivity contribution >= 4 is 5.69 Å². The van der Waals surface area contributed by atoms with Crippen LogP contribution in [0.3, 0.4) is 0 Å². The third kappa shape index (κ3) is 3.76. The summed E-state index contributed by atoms with van der Waals surface area (Å²) in [5, 5.41) is 21.3. The minimum absolute atomic E-state index is 0.101. The van der Waals surface area contributed by atoms with Crippen molar-refractivity contribution in [3.8, 4) is 0 Å². The van der Waals surface area contributed by atoms with Crippen LogP contribution in [0.1, 0.15) is 61.0 Å². The van der Waals surface area contributed by atoms with Crippen molar-refractivity contribution in [2.75, 3.05) is 11.4 Å². The van der Waals surface area contributed by atoms with Crippen molar-refractivity contribution < 1.29 is 10.2 Å². The molecule has 2 aromatic rings. The summed E-state index contributed by atoms with van der Waals surface area (Å²) in [5.41, 5.74) is 6.26. The summed E-state index contributed by atoms with van der Waals surface area (Å²) in [6.07, 6.45) is 6.13. The quantitative estimate of drug-likeness (QED) is 0.799. The molecule has 1 heterocycles. The minimum atomic E-state index is -0.352. The summed E-state index contributed by atoms with van der Waals surface area (Å²) < 4.78 is 0. The van der Waals surface area contributed by atoms with Gasteiger partial charge in [0.25, 0.3) is 0 Å². The Morgan fingerprint density at radius 3 is 2.67 bits per heavy atom. The number of fused-ring (bicyclic) bond motifs is 1. The second kappa shape index (κ2) is 8.04. The van der Waals surface area contributed by atoms with E-state index < -0.39 is 0 Å². The molecule has 3 unspecified atom stereocenters. The topological polar surface area (TPSA) is 43.7 Å². The van der Waals surface area contributed by atoms with Gasteiger partial charge in [-0.05, 0) is 66.8 Å². The molecule has 3 heteroatoms. The van der Waals surface area contributed by atoms with Crippen LogP contribution in [0.15, 0.2) is 42.5 Å². The number of nitrogens with zero attached hydrogens (tertiary/aromatic N) is 1. The SMILES string of the molecule is CCc1cccc(CC2C(O)CCN2c2cccc3c2CCCCC3O)c1. The van der Waals surface area contributed by atoms with E-state index >= 15 is 0 Å². The van der Waals surface area contributed by atoms with Crippen LogP contribution >= 0.6 is 0 Å². The molecule has 0 bridgehead atoms. The number of aliphatic hydroxyl groups excluding tert-OH is 2. The van der Waals surface area contributed by atoms with Gasteiger partial charge in [0.2, 0.25) is 0 Å². The van der Waals surface area contributed by atoms with Gasteiger partial charge < -0.3 is 15.1 Å². The van der Waals surface area contributed by atoms with Crippen molar-refractivity contribution in [3.05, 3.63) is 64.7 Å². The molecule has 0 radical (unpaired) electrons. The Labute approximate surface area is 162 Å². The Kier molecular flexibility index (Phi) is 5.51. The number of aliphatic hydroxyl groups is 2. The number of aryl methyl sites for hydroxylation is 1. The molecule has 2 aromatic carbocycles. The highest BCUT2D eigenvalue weighted by atomic mass is 16.3. The van der Waals surface area contributed by atoms with E-state index in [0.717, 1.165) is 57.1 Å². The van der Waals surface area contributed by atoms with Crippen molar-refractivity contribution in [3.63, 3.8) is 0 Å². The first kappa shape index (κ1) is 18.5. The molecular formula is C24H31NO2. The molecule has 3 atom stereocenters. The molecule has 1 aliphatic carbocycles. The monoisotopic (exact) mass is 365 g/mol. The van der Waals surface area contributed by atoms with Crippen LogP contribution in [-0.4, -0.2) is 28.9 Å². The van der Waals surface area contributed by atoms with Crippen LogP contribution in [-0.2, 0) is 19.3 Å². The Balaban J connectivity index is 1.65. The molecule has 1 fully saturated rings. The molecule has 0 spiro atoms. The minimum Gasteiger partial charge on any atom is -0.391 e. The van der Waals surface area contributed by atoms with Gasteiger partial charge in [-0.15, -0.1) is 0 Å². The van der Waals surface area contributed by atoms with Gasteiger partial charge in [0.1, 0.15) is 0 Å². The maximum atomic E-state index is 10.7. The lowest BCUT2D eigenvalue weighted by Gasteiger charge is -2.31. The van der Waals surface area contributed by atoms with E-state index in [1.807, 2.05) is 0 Å². The molecule has 3 nitrogen and oxygen atoms in total. The van der Waals surface area contributed by atoms with Gasteiger partial charge in [0, 0.05) is 12.2 Å².